The van der Waals surface area contributed by atoms with Gasteiger partial charge in [-0.1, -0.05) is 29.3 Å². The third kappa shape index (κ3) is 3.39. The number of benzene rings is 1. The van der Waals surface area contributed by atoms with Gasteiger partial charge in [0, 0.05) is 12.7 Å². The number of ether oxygens (including phenoxy) is 1. The van der Waals surface area contributed by atoms with Crippen molar-refractivity contribution in [2.75, 3.05) is 19.7 Å². The number of hydrogen-bond acceptors (Lipinski definition) is 4. The number of rotatable bonds is 2. The van der Waals surface area contributed by atoms with Crippen molar-refractivity contribution >= 4 is 29.1 Å². The fraction of sp³-hybridized carbons (Fsp3) is 0.267. The molecule has 0 spiro atoms. The van der Waals surface area contributed by atoms with E-state index in [0.29, 0.717) is 29.7 Å². The Hall–Kier alpha value is -1.89. The monoisotopic (exact) mass is 353 g/mol. The van der Waals surface area contributed by atoms with Crippen LogP contribution < -0.4 is 5.56 Å². The minimum absolute atomic E-state index is 0.0160. The normalized spacial score (nSPS) is 18.0. The highest BCUT2D eigenvalue weighted by molar-refractivity contribution is 6.42. The summed E-state index contributed by atoms with van der Waals surface area (Å²) in [5, 5.41) is 0.890. The molecular formula is C15H13Cl2N3O3. The maximum absolute atomic E-state index is 12.5. The van der Waals surface area contributed by atoms with Gasteiger partial charge >= 0.3 is 0 Å². The second kappa shape index (κ2) is 6.70. The Kier molecular flexibility index (Phi) is 4.66. The molecule has 1 amide bonds. The molecule has 1 saturated heterocycles. The van der Waals surface area contributed by atoms with Crippen LogP contribution in [0.15, 0.2) is 35.5 Å². The number of aromatic amines is 1. The van der Waals surface area contributed by atoms with Gasteiger partial charge in [-0.25, -0.2) is 4.98 Å². The number of amides is 1. The molecule has 0 bridgehead atoms. The minimum atomic E-state index is -0.456. The highest BCUT2D eigenvalue weighted by Gasteiger charge is 2.27. The molecule has 1 aromatic carbocycles. The predicted molar refractivity (Wildman–Crippen MR) is 85.9 cm³/mol. The van der Waals surface area contributed by atoms with Crippen LogP contribution in [0.4, 0.5) is 0 Å². The lowest BCUT2D eigenvalue weighted by atomic mass is 10.1. The molecule has 120 valence electrons. The number of morpholine rings is 1. The predicted octanol–water partition coefficient (Wildman–Crippen LogP) is 2.29. The lowest BCUT2D eigenvalue weighted by Gasteiger charge is -2.33. The SMILES string of the molecule is O=C(c1cnc[nH]c1=O)N1CCO[C@@H](c2ccc(Cl)c(Cl)c2)C1. The van der Waals surface area contributed by atoms with Crippen molar-refractivity contribution in [2.24, 2.45) is 0 Å². The van der Waals surface area contributed by atoms with Gasteiger partial charge in [-0.2, -0.15) is 0 Å². The van der Waals surface area contributed by atoms with Gasteiger partial charge in [0.1, 0.15) is 11.7 Å². The quantitative estimate of drug-likeness (QED) is 0.898. The van der Waals surface area contributed by atoms with E-state index in [0.717, 1.165) is 5.56 Å². The molecule has 23 heavy (non-hydrogen) atoms. The average Bonchev–Trinajstić information content (AvgIpc) is 2.57. The molecule has 6 nitrogen and oxygen atoms in total. The van der Waals surface area contributed by atoms with E-state index in [4.69, 9.17) is 27.9 Å². The Balaban J connectivity index is 1.80. The van der Waals surface area contributed by atoms with Gasteiger partial charge in [0.2, 0.25) is 0 Å². The van der Waals surface area contributed by atoms with Crippen LogP contribution in [0.5, 0.6) is 0 Å². The fourth-order valence-corrected chi connectivity index (χ4v) is 2.72. The number of hydrogen-bond donors (Lipinski definition) is 1. The largest absolute Gasteiger partial charge is 0.370 e. The molecule has 1 aromatic heterocycles. The van der Waals surface area contributed by atoms with Crippen molar-refractivity contribution in [1.29, 1.82) is 0 Å². The Morgan fingerprint density at radius 3 is 2.91 bits per heavy atom. The summed E-state index contributed by atoms with van der Waals surface area (Å²) in [7, 11) is 0. The summed E-state index contributed by atoms with van der Waals surface area (Å²) in [6.45, 7) is 1.10. The first kappa shape index (κ1) is 16.0. The molecular weight excluding hydrogens is 341 g/mol. The summed E-state index contributed by atoms with van der Waals surface area (Å²) in [6, 6.07) is 5.22. The van der Waals surface area contributed by atoms with Crippen LogP contribution in [-0.2, 0) is 4.74 Å². The van der Waals surface area contributed by atoms with E-state index in [1.165, 1.54) is 12.5 Å². The fourth-order valence-electron chi connectivity index (χ4n) is 2.41. The summed E-state index contributed by atoms with van der Waals surface area (Å²) < 4.78 is 5.71. The summed E-state index contributed by atoms with van der Waals surface area (Å²) in [4.78, 5) is 32.0. The molecule has 3 rings (SSSR count). The first-order valence-electron chi connectivity index (χ1n) is 6.95. The zero-order valence-corrected chi connectivity index (χ0v) is 13.5. The second-order valence-corrected chi connectivity index (χ2v) is 5.89. The van der Waals surface area contributed by atoms with Gasteiger partial charge in [-0.15, -0.1) is 0 Å². The Morgan fingerprint density at radius 1 is 1.35 bits per heavy atom. The summed E-state index contributed by atoms with van der Waals surface area (Å²) in [5.41, 5.74) is 0.391. The maximum atomic E-state index is 12.5. The average molecular weight is 354 g/mol. The molecule has 0 aliphatic carbocycles. The van der Waals surface area contributed by atoms with Crippen molar-refractivity contribution in [3.05, 3.63) is 62.2 Å². The summed E-state index contributed by atoms with van der Waals surface area (Å²) in [6.07, 6.45) is 2.19. The number of aromatic nitrogens is 2. The van der Waals surface area contributed by atoms with Gasteiger partial charge in [-0.05, 0) is 17.7 Å². The van der Waals surface area contributed by atoms with Crippen molar-refractivity contribution in [2.45, 2.75) is 6.10 Å². The van der Waals surface area contributed by atoms with Gasteiger partial charge in [0.05, 0.1) is 29.5 Å². The lowest BCUT2D eigenvalue weighted by molar-refractivity contribution is -0.0228. The van der Waals surface area contributed by atoms with Gasteiger partial charge in [0.25, 0.3) is 11.5 Å². The minimum Gasteiger partial charge on any atom is -0.370 e. The van der Waals surface area contributed by atoms with Crippen molar-refractivity contribution in [3.8, 4) is 0 Å². The lowest BCUT2D eigenvalue weighted by Crippen LogP contribution is -2.43. The highest BCUT2D eigenvalue weighted by atomic mass is 35.5. The van der Waals surface area contributed by atoms with Crippen LogP contribution in [-0.4, -0.2) is 40.5 Å². The number of carbonyl (C=O) groups excluding carboxylic acids is 1. The number of nitrogens with one attached hydrogen (secondary N) is 1. The molecule has 1 fully saturated rings. The van der Waals surface area contributed by atoms with E-state index in [-0.39, 0.29) is 17.6 Å². The van der Waals surface area contributed by atoms with E-state index < -0.39 is 5.56 Å². The molecule has 1 aliphatic heterocycles. The Labute approximate surface area is 142 Å². The maximum Gasteiger partial charge on any atom is 0.263 e. The molecule has 2 aromatic rings. The third-order valence-electron chi connectivity index (χ3n) is 3.62. The molecule has 8 heteroatoms. The molecule has 1 aliphatic rings. The van der Waals surface area contributed by atoms with E-state index in [1.54, 1.807) is 17.0 Å². The number of halogens is 2. The number of H-pyrrole nitrogens is 1. The Bertz CT molecular complexity index is 794. The molecule has 1 N–H and O–H groups in total. The van der Waals surface area contributed by atoms with Gasteiger partial charge in [-0.3, -0.25) is 9.59 Å². The molecule has 0 saturated carbocycles. The van der Waals surface area contributed by atoms with Crippen molar-refractivity contribution in [1.82, 2.24) is 14.9 Å². The van der Waals surface area contributed by atoms with Crippen LogP contribution in [0.25, 0.3) is 0 Å². The molecule has 1 atom stereocenters. The van der Waals surface area contributed by atoms with Crippen LogP contribution in [0.3, 0.4) is 0 Å². The first-order valence-corrected chi connectivity index (χ1v) is 7.70. The highest BCUT2D eigenvalue weighted by Crippen LogP contribution is 2.29. The van der Waals surface area contributed by atoms with Crippen LogP contribution >= 0.6 is 23.2 Å². The van der Waals surface area contributed by atoms with E-state index in [1.807, 2.05) is 6.07 Å². The topological polar surface area (TPSA) is 75.3 Å². The third-order valence-corrected chi connectivity index (χ3v) is 4.36. The van der Waals surface area contributed by atoms with Crippen molar-refractivity contribution in [3.63, 3.8) is 0 Å². The second-order valence-electron chi connectivity index (χ2n) is 5.08. The van der Waals surface area contributed by atoms with Gasteiger partial charge in [0.15, 0.2) is 0 Å². The smallest absolute Gasteiger partial charge is 0.263 e. The van der Waals surface area contributed by atoms with E-state index in [9.17, 15) is 9.59 Å². The summed E-state index contributed by atoms with van der Waals surface area (Å²) in [5.74, 6) is -0.368. The van der Waals surface area contributed by atoms with Crippen LogP contribution in [0.1, 0.15) is 22.0 Å². The zero-order chi connectivity index (χ0) is 16.4. The van der Waals surface area contributed by atoms with Gasteiger partial charge < -0.3 is 14.6 Å². The van der Waals surface area contributed by atoms with Crippen LogP contribution in [0, 0.1) is 0 Å². The zero-order valence-electron chi connectivity index (χ0n) is 12.0. The van der Waals surface area contributed by atoms with E-state index in [2.05, 4.69) is 9.97 Å². The summed E-state index contributed by atoms with van der Waals surface area (Å²) >= 11 is 11.9. The van der Waals surface area contributed by atoms with Crippen molar-refractivity contribution < 1.29 is 9.53 Å². The van der Waals surface area contributed by atoms with Crippen LogP contribution in [0.2, 0.25) is 10.0 Å². The Morgan fingerprint density at radius 2 is 2.17 bits per heavy atom. The molecule has 2 heterocycles. The van der Waals surface area contributed by atoms with E-state index >= 15 is 0 Å². The standard InChI is InChI=1S/C15H13Cl2N3O3/c16-11-2-1-9(5-12(11)17)13-7-20(3-4-23-13)15(22)10-6-18-8-19-14(10)21/h1-2,5-6,8,13H,3-4,7H2,(H,18,19,21)/t13-/m1/s1. The molecule has 0 unspecified atom stereocenters. The molecule has 0 radical (unpaired) electrons. The first-order chi connectivity index (χ1) is 11.1. The number of carbonyl (C=O) groups is 1. The number of nitrogens with zero attached hydrogens (tertiary/aromatic N) is 2.